The first-order valence-corrected chi connectivity index (χ1v) is 8.94. The molecule has 0 aliphatic rings. The van der Waals surface area contributed by atoms with E-state index in [4.69, 9.17) is 9.47 Å². The topological polar surface area (TPSA) is 61.3 Å². The van der Waals surface area contributed by atoms with Gasteiger partial charge in [-0.05, 0) is 76.7 Å². The minimum absolute atomic E-state index is 0.0188. The van der Waals surface area contributed by atoms with Gasteiger partial charge in [0.05, 0.1) is 0 Å². The Balaban J connectivity index is 1.83. The van der Waals surface area contributed by atoms with Crippen molar-refractivity contribution in [1.82, 2.24) is 9.97 Å². The predicted octanol–water partition coefficient (Wildman–Crippen LogP) is 4.28. The third-order valence-corrected chi connectivity index (χ3v) is 3.99. The molecule has 0 aliphatic heterocycles. The van der Waals surface area contributed by atoms with E-state index in [1.807, 2.05) is 43.3 Å². The Morgan fingerprint density at radius 3 is 1.93 bits per heavy atom. The largest absolute Gasteiger partial charge is 0.459 e. The first-order valence-electron chi connectivity index (χ1n) is 8.94. The predicted molar refractivity (Wildman–Crippen MR) is 104 cm³/mol. The smallest absolute Gasteiger partial charge is 0.332 e. The van der Waals surface area contributed by atoms with Crippen LogP contribution < -0.4 is 0 Å². The van der Waals surface area contributed by atoms with Crippen LogP contribution in [-0.2, 0) is 20.9 Å². The molecular formula is C22H22N2O3. The van der Waals surface area contributed by atoms with Crippen molar-refractivity contribution in [2.75, 3.05) is 13.2 Å². The summed E-state index contributed by atoms with van der Waals surface area (Å²) in [6.45, 7) is 2.73. The molecule has 0 unspecified atom stereocenters. The van der Waals surface area contributed by atoms with Gasteiger partial charge in [-0.1, -0.05) is 6.92 Å². The van der Waals surface area contributed by atoms with Gasteiger partial charge in [-0.15, -0.1) is 0 Å². The second kappa shape index (κ2) is 9.59. The molecule has 0 amide bonds. The number of ether oxygens (including phenoxy) is 2. The highest BCUT2D eigenvalue weighted by molar-refractivity contribution is 5.74. The van der Waals surface area contributed by atoms with Crippen LogP contribution in [0.2, 0.25) is 0 Å². The molecule has 2 heterocycles. The average molecular weight is 362 g/mol. The van der Waals surface area contributed by atoms with Gasteiger partial charge < -0.3 is 9.47 Å². The Morgan fingerprint density at radius 2 is 1.41 bits per heavy atom. The molecule has 0 saturated carbocycles. The van der Waals surface area contributed by atoms with Gasteiger partial charge in [0.2, 0.25) is 0 Å². The number of hydrogen-bond donors (Lipinski definition) is 0. The molecule has 27 heavy (non-hydrogen) atoms. The van der Waals surface area contributed by atoms with E-state index >= 15 is 0 Å². The zero-order chi connectivity index (χ0) is 18.9. The van der Waals surface area contributed by atoms with Crippen LogP contribution in [0.25, 0.3) is 22.3 Å². The van der Waals surface area contributed by atoms with E-state index in [0.29, 0.717) is 6.61 Å². The molecule has 0 fully saturated rings. The molecule has 3 aromatic rings. The number of carbonyl (C=O) groups is 1. The maximum Gasteiger partial charge on any atom is 0.332 e. The molecule has 0 atom stereocenters. The number of esters is 1. The van der Waals surface area contributed by atoms with Gasteiger partial charge in [-0.2, -0.15) is 0 Å². The highest BCUT2D eigenvalue weighted by Gasteiger charge is 2.08. The maximum atomic E-state index is 11.8. The fourth-order valence-corrected chi connectivity index (χ4v) is 2.70. The summed E-state index contributed by atoms with van der Waals surface area (Å²) >= 11 is 0. The summed E-state index contributed by atoms with van der Waals surface area (Å²) in [5, 5.41) is 0. The van der Waals surface area contributed by atoms with E-state index in [0.717, 1.165) is 34.2 Å². The molecule has 138 valence electrons. The summed E-state index contributed by atoms with van der Waals surface area (Å²) < 4.78 is 10.6. The van der Waals surface area contributed by atoms with Crippen molar-refractivity contribution >= 4 is 5.97 Å². The number of carbonyl (C=O) groups excluding carboxylic acids is 1. The number of rotatable bonds is 8. The molecule has 2 aromatic heterocycles. The van der Waals surface area contributed by atoms with E-state index in [-0.39, 0.29) is 19.2 Å². The second-order valence-corrected chi connectivity index (χ2v) is 6.10. The number of pyridine rings is 2. The Morgan fingerprint density at radius 1 is 0.852 bits per heavy atom. The van der Waals surface area contributed by atoms with Crippen molar-refractivity contribution < 1.29 is 14.3 Å². The summed E-state index contributed by atoms with van der Waals surface area (Å²) in [6.07, 6.45) is 7.92. The molecule has 5 heteroatoms. The molecule has 0 bridgehead atoms. The quantitative estimate of drug-likeness (QED) is 0.442. The van der Waals surface area contributed by atoms with Gasteiger partial charge in [0.15, 0.2) is 0 Å². The standard InChI is InChI=1S/C22H22N2O3/c1-2-11-26-16-22(25)27-15-17-12-20(18-3-7-23-8-4-18)14-21(13-17)19-5-9-24-10-6-19/h3-10,12-14H,2,11,15-16H2,1H3. The summed E-state index contributed by atoms with van der Waals surface area (Å²) in [4.78, 5) is 20.0. The van der Waals surface area contributed by atoms with Crippen LogP contribution in [0.1, 0.15) is 18.9 Å². The van der Waals surface area contributed by atoms with E-state index in [1.165, 1.54) is 0 Å². The molecule has 1 aromatic carbocycles. The number of aromatic nitrogens is 2. The number of benzene rings is 1. The van der Waals surface area contributed by atoms with E-state index in [2.05, 4.69) is 16.0 Å². The maximum absolute atomic E-state index is 11.8. The third kappa shape index (κ3) is 5.46. The van der Waals surface area contributed by atoms with Gasteiger partial charge in [-0.25, -0.2) is 4.79 Å². The van der Waals surface area contributed by atoms with Gasteiger partial charge in [-0.3, -0.25) is 9.97 Å². The molecule has 0 N–H and O–H groups in total. The molecule has 0 saturated heterocycles. The van der Waals surface area contributed by atoms with Crippen LogP contribution in [0.5, 0.6) is 0 Å². The lowest BCUT2D eigenvalue weighted by Gasteiger charge is -2.11. The fourth-order valence-electron chi connectivity index (χ4n) is 2.70. The molecule has 3 rings (SSSR count). The van der Waals surface area contributed by atoms with E-state index in [9.17, 15) is 4.79 Å². The Hall–Kier alpha value is -3.05. The number of nitrogens with zero attached hydrogens (tertiary/aromatic N) is 2. The first-order chi connectivity index (χ1) is 13.3. The van der Waals surface area contributed by atoms with Crippen LogP contribution in [-0.4, -0.2) is 29.2 Å². The normalized spacial score (nSPS) is 10.6. The Bertz CT molecular complexity index is 809. The number of hydrogen-bond acceptors (Lipinski definition) is 5. The minimum atomic E-state index is -0.358. The van der Waals surface area contributed by atoms with Gasteiger partial charge in [0, 0.05) is 31.4 Å². The lowest BCUT2D eigenvalue weighted by Crippen LogP contribution is -2.13. The summed E-state index contributed by atoms with van der Waals surface area (Å²) in [5.41, 5.74) is 5.11. The third-order valence-electron chi connectivity index (χ3n) is 3.99. The zero-order valence-corrected chi connectivity index (χ0v) is 15.3. The van der Waals surface area contributed by atoms with Crippen LogP contribution in [0.15, 0.2) is 67.3 Å². The van der Waals surface area contributed by atoms with Crippen molar-refractivity contribution in [2.24, 2.45) is 0 Å². The van der Waals surface area contributed by atoms with Crippen molar-refractivity contribution in [2.45, 2.75) is 20.0 Å². The van der Waals surface area contributed by atoms with Crippen LogP contribution in [0.4, 0.5) is 0 Å². The Kier molecular flexibility index (Phi) is 6.66. The van der Waals surface area contributed by atoms with Crippen molar-refractivity contribution in [1.29, 1.82) is 0 Å². The molecule has 0 aliphatic carbocycles. The van der Waals surface area contributed by atoms with Crippen molar-refractivity contribution in [3.63, 3.8) is 0 Å². The average Bonchev–Trinajstić information content (AvgIpc) is 2.73. The van der Waals surface area contributed by atoms with Crippen molar-refractivity contribution in [3.8, 4) is 22.3 Å². The van der Waals surface area contributed by atoms with Gasteiger partial charge in [0.1, 0.15) is 13.2 Å². The lowest BCUT2D eigenvalue weighted by molar-refractivity contribution is -0.150. The van der Waals surface area contributed by atoms with Crippen LogP contribution in [0.3, 0.4) is 0 Å². The second-order valence-electron chi connectivity index (χ2n) is 6.10. The van der Waals surface area contributed by atoms with Gasteiger partial charge in [0.25, 0.3) is 0 Å². The van der Waals surface area contributed by atoms with Gasteiger partial charge >= 0.3 is 5.97 Å². The Labute approximate surface area is 159 Å². The summed E-state index contributed by atoms with van der Waals surface area (Å²) in [6, 6.07) is 14.0. The van der Waals surface area contributed by atoms with Crippen molar-refractivity contribution in [3.05, 3.63) is 72.8 Å². The zero-order valence-electron chi connectivity index (χ0n) is 15.3. The fraction of sp³-hybridized carbons (Fsp3) is 0.227. The minimum Gasteiger partial charge on any atom is -0.459 e. The first kappa shape index (κ1) is 18.7. The highest BCUT2D eigenvalue weighted by Crippen LogP contribution is 2.28. The summed E-state index contributed by atoms with van der Waals surface area (Å²) in [7, 11) is 0. The molecular weight excluding hydrogens is 340 g/mol. The molecule has 5 nitrogen and oxygen atoms in total. The van der Waals surface area contributed by atoms with E-state index in [1.54, 1.807) is 24.8 Å². The summed E-state index contributed by atoms with van der Waals surface area (Å²) in [5.74, 6) is -0.358. The highest BCUT2D eigenvalue weighted by atomic mass is 16.6. The van der Waals surface area contributed by atoms with Crippen LogP contribution in [0, 0.1) is 0 Å². The van der Waals surface area contributed by atoms with E-state index < -0.39 is 0 Å². The molecule has 0 radical (unpaired) electrons. The SMILES string of the molecule is CCCOCC(=O)OCc1cc(-c2ccncc2)cc(-c2ccncc2)c1. The monoisotopic (exact) mass is 362 g/mol. The lowest BCUT2D eigenvalue weighted by atomic mass is 9.97. The van der Waals surface area contributed by atoms with Crippen LogP contribution >= 0.6 is 0 Å². The molecule has 0 spiro atoms.